The van der Waals surface area contributed by atoms with E-state index < -0.39 is 11.4 Å². The molecule has 3 atom stereocenters. The third-order valence-electron chi connectivity index (χ3n) is 6.81. The van der Waals surface area contributed by atoms with Gasteiger partial charge < -0.3 is 24.8 Å². The fourth-order valence-corrected chi connectivity index (χ4v) is 5.35. The molecule has 2 aromatic heterocycles. The van der Waals surface area contributed by atoms with Crippen LogP contribution in [0.4, 0.5) is 5.95 Å². The third kappa shape index (κ3) is 3.62. The molecule has 0 amide bonds. The Labute approximate surface area is 190 Å². The number of rotatable bonds is 4. The topological polar surface area (TPSA) is 104 Å². The van der Waals surface area contributed by atoms with Crippen molar-refractivity contribution in [2.45, 2.75) is 32.4 Å². The number of piperazine rings is 1. The summed E-state index contributed by atoms with van der Waals surface area (Å²) in [5, 5.41) is 13.9. The number of allylic oxidation sites excluding steroid dienone is 1. The van der Waals surface area contributed by atoms with Crippen LogP contribution in [0.1, 0.15) is 30.1 Å². The van der Waals surface area contributed by atoms with Gasteiger partial charge in [-0.2, -0.15) is 4.98 Å². The van der Waals surface area contributed by atoms with Crippen molar-refractivity contribution in [2.75, 3.05) is 31.1 Å². The zero-order chi connectivity index (χ0) is 22.4. The lowest BCUT2D eigenvalue weighted by atomic mass is 10.0. The first-order valence-electron chi connectivity index (χ1n) is 11.1. The Hall–Kier alpha value is -3.01. The summed E-state index contributed by atoms with van der Waals surface area (Å²) < 4.78 is 1.68. The summed E-state index contributed by atoms with van der Waals surface area (Å²) in [5.41, 5.74) is -0.367. The molecular weight excluding hydrogens is 428 g/mol. The van der Waals surface area contributed by atoms with Crippen LogP contribution in [0.15, 0.2) is 29.3 Å². The van der Waals surface area contributed by atoms with E-state index in [4.69, 9.17) is 12.2 Å². The van der Waals surface area contributed by atoms with Gasteiger partial charge in [-0.15, -0.1) is 0 Å². The smallest absolute Gasteiger partial charge is 0.341 e. The van der Waals surface area contributed by atoms with Gasteiger partial charge in [0.05, 0.1) is 5.39 Å². The number of aromatic nitrogens is 3. The van der Waals surface area contributed by atoms with Crippen LogP contribution >= 0.6 is 12.2 Å². The van der Waals surface area contributed by atoms with Crippen LogP contribution in [-0.4, -0.2) is 67.8 Å². The maximum Gasteiger partial charge on any atom is 0.341 e. The molecule has 1 saturated carbocycles. The van der Waals surface area contributed by atoms with Crippen LogP contribution in [0.2, 0.25) is 0 Å². The monoisotopic (exact) mass is 454 g/mol. The van der Waals surface area contributed by atoms with E-state index in [0.717, 1.165) is 24.6 Å². The molecule has 2 aliphatic carbocycles. The van der Waals surface area contributed by atoms with E-state index in [1.165, 1.54) is 18.8 Å². The summed E-state index contributed by atoms with van der Waals surface area (Å²) in [6, 6.07) is 0.445. The zero-order valence-corrected chi connectivity index (χ0v) is 18.7. The van der Waals surface area contributed by atoms with Gasteiger partial charge in [-0.25, -0.2) is 9.78 Å². The Morgan fingerprint density at radius 3 is 2.66 bits per heavy atom. The van der Waals surface area contributed by atoms with Gasteiger partial charge in [0.2, 0.25) is 11.4 Å². The van der Waals surface area contributed by atoms with Crippen molar-refractivity contribution < 1.29 is 9.90 Å². The van der Waals surface area contributed by atoms with E-state index in [0.29, 0.717) is 49.1 Å². The molecule has 1 saturated heterocycles. The summed E-state index contributed by atoms with van der Waals surface area (Å²) in [6.45, 7) is 5.35. The predicted molar refractivity (Wildman–Crippen MR) is 125 cm³/mol. The molecule has 0 unspecified atom stereocenters. The van der Waals surface area contributed by atoms with Gasteiger partial charge in [0.15, 0.2) is 5.11 Å². The van der Waals surface area contributed by atoms with Crippen LogP contribution < -0.4 is 15.6 Å². The van der Waals surface area contributed by atoms with Crippen LogP contribution in [0.25, 0.3) is 11.0 Å². The number of hydrogen-bond donors (Lipinski definition) is 2. The highest BCUT2D eigenvalue weighted by atomic mass is 32.1. The minimum absolute atomic E-state index is 0.222. The maximum absolute atomic E-state index is 12.5. The Kier molecular flexibility index (Phi) is 5.32. The van der Waals surface area contributed by atoms with Crippen LogP contribution in [0, 0.1) is 11.8 Å². The van der Waals surface area contributed by atoms with Crippen molar-refractivity contribution in [3.63, 3.8) is 0 Å². The number of thiocarbonyl (C=S) groups is 1. The Morgan fingerprint density at radius 1 is 1.25 bits per heavy atom. The number of fused-ring (bicyclic) bond motifs is 3. The van der Waals surface area contributed by atoms with Crippen LogP contribution in [0.5, 0.6) is 0 Å². The molecule has 168 valence electrons. The number of nitrogens with zero attached hydrogens (tertiary/aromatic N) is 5. The third-order valence-corrected chi connectivity index (χ3v) is 7.19. The quantitative estimate of drug-likeness (QED) is 0.525. The number of nitrogens with one attached hydrogen (secondary N) is 1. The van der Waals surface area contributed by atoms with Gasteiger partial charge in [-0.05, 0) is 43.8 Å². The van der Waals surface area contributed by atoms with E-state index in [2.05, 4.69) is 37.2 Å². The van der Waals surface area contributed by atoms with Gasteiger partial charge in [-0.1, -0.05) is 12.2 Å². The Balaban J connectivity index is 1.29. The normalized spacial score (nSPS) is 24.3. The van der Waals surface area contributed by atoms with Crippen LogP contribution in [-0.2, 0) is 6.54 Å². The number of aromatic carboxylic acids is 1. The highest BCUT2D eigenvalue weighted by molar-refractivity contribution is 7.80. The molecule has 2 fully saturated rings. The number of carboxylic acid groups (broad SMARTS) is 1. The number of aryl methyl sites for hydroxylation is 1. The predicted octanol–water partition coefficient (Wildman–Crippen LogP) is 1.47. The van der Waals surface area contributed by atoms with Gasteiger partial charge in [0, 0.05) is 51.2 Å². The average molecular weight is 455 g/mol. The van der Waals surface area contributed by atoms with Gasteiger partial charge in [0.25, 0.3) is 0 Å². The summed E-state index contributed by atoms with van der Waals surface area (Å²) in [7, 11) is 0. The lowest BCUT2D eigenvalue weighted by molar-refractivity contribution is 0.0695. The van der Waals surface area contributed by atoms with Crippen molar-refractivity contribution in [1.29, 1.82) is 0 Å². The summed E-state index contributed by atoms with van der Waals surface area (Å²) in [6.07, 6.45) is 9.85. The van der Waals surface area contributed by atoms with Crippen LogP contribution in [0.3, 0.4) is 0 Å². The summed E-state index contributed by atoms with van der Waals surface area (Å²) in [4.78, 5) is 37.2. The van der Waals surface area contributed by atoms with Crippen molar-refractivity contribution in [3.05, 3.63) is 40.3 Å². The number of pyridine rings is 1. The van der Waals surface area contributed by atoms with Gasteiger partial charge in [-0.3, -0.25) is 4.79 Å². The summed E-state index contributed by atoms with van der Waals surface area (Å²) in [5.74, 6) is 0.599. The minimum atomic E-state index is -1.25. The Bertz CT molecular complexity index is 1170. The first-order valence-corrected chi connectivity index (χ1v) is 11.5. The molecule has 5 rings (SSSR count). The number of hydrogen-bond acceptors (Lipinski definition) is 6. The van der Waals surface area contributed by atoms with E-state index in [1.54, 1.807) is 4.57 Å². The second kappa shape index (κ2) is 8.16. The maximum atomic E-state index is 12.5. The fourth-order valence-electron chi connectivity index (χ4n) is 5.02. The van der Waals surface area contributed by atoms with Crippen molar-refractivity contribution >= 4 is 40.3 Å². The average Bonchev–Trinajstić information content (AvgIpc) is 3.42. The molecule has 2 N–H and O–H groups in total. The first-order chi connectivity index (χ1) is 15.4. The number of carboxylic acids is 1. The highest BCUT2D eigenvalue weighted by Crippen LogP contribution is 2.39. The molecule has 3 heterocycles. The van der Waals surface area contributed by atoms with Crippen molar-refractivity contribution in [1.82, 2.24) is 24.8 Å². The van der Waals surface area contributed by atoms with Gasteiger partial charge >= 0.3 is 5.97 Å². The van der Waals surface area contributed by atoms with Crippen molar-refractivity contribution in [2.24, 2.45) is 11.8 Å². The second-order valence-electron chi connectivity index (χ2n) is 8.68. The largest absolute Gasteiger partial charge is 0.477 e. The van der Waals surface area contributed by atoms with Crippen molar-refractivity contribution in [3.8, 4) is 0 Å². The summed E-state index contributed by atoms with van der Waals surface area (Å²) >= 11 is 5.68. The molecule has 2 bridgehead atoms. The van der Waals surface area contributed by atoms with E-state index in [9.17, 15) is 14.7 Å². The second-order valence-corrected chi connectivity index (χ2v) is 9.07. The molecule has 10 heteroatoms. The first kappa shape index (κ1) is 20.9. The lowest BCUT2D eigenvalue weighted by Gasteiger charge is -2.37. The Morgan fingerprint density at radius 2 is 2.03 bits per heavy atom. The molecule has 1 aliphatic heterocycles. The van der Waals surface area contributed by atoms with E-state index in [-0.39, 0.29) is 10.9 Å². The molecule has 0 radical (unpaired) electrons. The molecule has 0 spiro atoms. The fraction of sp³-hybridized carbons (Fsp3) is 0.500. The molecule has 0 aromatic carbocycles. The zero-order valence-electron chi connectivity index (χ0n) is 17.9. The molecule has 2 aromatic rings. The van der Waals surface area contributed by atoms with Gasteiger partial charge in [0.1, 0.15) is 11.2 Å². The molecule has 9 nitrogen and oxygen atoms in total. The number of anilines is 1. The van der Waals surface area contributed by atoms with E-state index >= 15 is 0 Å². The standard InChI is InChI=1S/C22H26N6O3S/c1-2-26-12-16(20(30)31)18(29)15-11-23-21(25-19(15)26)27-5-7-28(8-6-27)22(32)24-17-10-13-3-4-14(17)9-13/h3-4,11-14,17H,2,5-10H2,1H3,(H,24,32)(H,30,31)/t13-,14+,17-/m0/s1. The highest BCUT2D eigenvalue weighted by Gasteiger charge is 2.36. The molecule has 32 heavy (non-hydrogen) atoms. The van der Waals surface area contributed by atoms with E-state index in [1.807, 2.05) is 6.92 Å². The number of carbonyl (C=O) groups is 1. The SMILES string of the molecule is CCn1cc(C(=O)O)c(=O)c2cnc(N3CCN(C(=S)N[C@H]4C[C@H]5C=C[C@@H]4C5)CC3)nc21. The molecular formula is C22H26N6O3S. The minimum Gasteiger partial charge on any atom is -0.477 e. The molecule has 3 aliphatic rings. The lowest BCUT2D eigenvalue weighted by Crippen LogP contribution is -2.54.